The number of fused-ring (bicyclic) bond motifs is 3. The van der Waals surface area contributed by atoms with E-state index in [1.54, 1.807) is 11.3 Å². The predicted octanol–water partition coefficient (Wildman–Crippen LogP) is 2.78. The zero-order valence-corrected chi connectivity index (χ0v) is 16.3. The molecule has 138 valence electrons. The molecule has 2 unspecified atom stereocenters. The number of aromatic nitrogens is 3. The number of nitrogens with zero attached hydrogens (tertiary/aromatic N) is 4. The molecule has 1 saturated heterocycles. The van der Waals surface area contributed by atoms with E-state index in [9.17, 15) is 9.59 Å². The fourth-order valence-electron chi connectivity index (χ4n) is 4.15. The molecule has 0 bridgehead atoms. The van der Waals surface area contributed by atoms with Crippen molar-refractivity contribution in [1.82, 2.24) is 19.1 Å². The molecule has 0 radical (unpaired) electrons. The summed E-state index contributed by atoms with van der Waals surface area (Å²) in [6.45, 7) is 7.92. The summed E-state index contributed by atoms with van der Waals surface area (Å²) in [6, 6.07) is 3.93. The van der Waals surface area contributed by atoms with Gasteiger partial charge in [-0.1, -0.05) is 20.8 Å². The predicted molar refractivity (Wildman–Crippen MR) is 104 cm³/mol. The molecule has 0 N–H and O–H groups in total. The minimum atomic E-state index is -0.197. The second kappa shape index (κ2) is 6.54. The molecule has 6 nitrogen and oxygen atoms in total. The average molecular weight is 372 g/mol. The van der Waals surface area contributed by atoms with E-state index in [1.807, 2.05) is 33.7 Å². The van der Waals surface area contributed by atoms with E-state index in [4.69, 9.17) is 0 Å². The second-order valence-electron chi connectivity index (χ2n) is 7.51. The number of carbonyl (C=O) groups excluding carboxylic acids is 1. The highest BCUT2D eigenvalue weighted by molar-refractivity contribution is 7.17. The summed E-state index contributed by atoms with van der Waals surface area (Å²) in [7, 11) is 0. The smallest absolute Gasteiger partial charge is 0.291 e. The number of aryl methyl sites for hydroxylation is 1. The molecule has 1 fully saturated rings. The molecular formula is C19H24N4O2S. The van der Waals surface area contributed by atoms with Crippen molar-refractivity contribution in [2.75, 3.05) is 13.1 Å². The van der Waals surface area contributed by atoms with Gasteiger partial charge in [-0.2, -0.15) is 5.10 Å². The molecule has 7 heteroatoms. The summed E-state index contributed by atoms with van der Waals surface area (Å²) in [5, 5.41) is 6.54. The lowest BCUT2D eigenvalue weighted by atomic mass is 9.92. The first-order valence-corrected chi connectivity index (χ1v) is 10.1. The largest absolute Gasteiger partial charge is 0.341 e. The SMILES string of the molecule is CCc1nn(CC(=O)N2CC(C)CC(C)C2)c(=O)c2cc3sccc3n12. The number of carbonyl (C=O) groups is 1. The van der Waals surface area contributed by atoms with Crippen LogP contribution in [0.4, 0.5) is 0 Å². The molecule has 26 heavy (non-hydrogen) atoms. The van der Waals surface area contributed by atoms with E-state index in [0.717, 1.165) is 35.6 Å². The lowest BCUT2D eigenvalue weighted by Gasteiger charge is -2.35. The molecule has 2 atom stereocenters. The Morgan fingerprint density at radius 3 is 2.69 bits per heavy atom. The Balaban J connectivity index is 1.71. The van der Waals surface area contributed by atoms with Gasteiger partial charge in [0, 0.05) is 19.5 Å². The van der Waals surface area contributed by atoms with Gasteiger partial charge in [0.15, 0.2) is 0 Å². The van der Waals surface area contributed by atoms with Crippen LogP contribution in [0.2, 0.25) is 0 Å². The summed E-state index contributed by atoms with van der Waals surface area (Å²) in [5.74, 6) is 1.79. The minimum absolute atomic E-state index is 0.0145. The average Bonchev–Trinajstić information content (AvgIpc) is 3.18. The molecule has 1 amide bonds. The number of amides is 1. The highest BCUT2D eigenvalue weighted by Crippen LogP contribution is 2.25. The number of likely N-dealkylation sites (tertiary alicyclic amines) is 1. The van der Waals surface area contributed by atoms with E-state index < -0.39 is 0 Å². The van der Waals surface area contributed by atoms with Crippen LogP contribution in [-0.2, 0) is 17.8 Å². The van der Waals surface area contributed by atoms with Crippen molar-refractivity contribution in [2.45, 2.75) is 40.2 Å². The Morgan fingerprint density at radius 1 is 1.27 bits per heavy atom. The number of thiophene rings is 1. The fourth-order valence-corrected chi connectivity index (χ4v) is 4.96. The van der Waals surface area contributed by atoms with Gasteiger partial charge < -0.3 is 4.90 Å². The Kier molecular flexibility index (Phi) is 4.34. The molecule has 4 rings (SSSR count). The van der Waals surface area contributed by atoms with Gasteiger partial charge in [-0.05, 0) is 35.8 Å². The third kappa shape index (κ3) is 2.84. The van der Waals surface area contributed by atoms with Crippen molar-refractivity contribution >= 4 is 33.0 Å². The van der Waals surface area contributed by atoms with Gasteiger partial charge in [0.25, 0.3) is 5.56 Å². The highest BCUT2D eigenvalue weighted by Gasteiger charge is 2.26. The van der Waals surface area contributed by atoms with Crippen LogP contribution in [0.1, 0.15) is 33.0 Å². The van der Waals surface area contributed by atoms with Gasteiger partial charge in [-0.15, -0.1) is 11.3 Å². The molecule has 1 aliphatic heterocycles. The molecule has 0 aromatic carbocycles. The van der Waals surface area contributed by atoms with Crippen LogP contribution in [0.3, 0.4) is 0 Å². The lowest BCUT2D eigenvalue weighted by Crippen LogP contribution is -2.45. The van der Waals surface area contributed by atoms with Crippen LogP contribution >= 0.6 is 11.3 Å². The van der Waals surface area contributed by atoms with Crippen LogP contribution in [0.15, 0.2) is 22.3 Å². The van der Waals surface area contributed by atoms with Crippen molar-refractivity contribution < 1.29 is 4.79 Å². The first kappa shape index (κ1) is 17.3. The molecule has 0 aliphatic carbocycles. The zero-order chi connectivity index (χ0) is 18.4. The van der Waals surface area contributed by atoms with Gasteiger partial charge in [-0.3, -0.25) is 14.0 Å². The van der Waals surface area contributed by atoms with Crippen LogP contribution in [0, 0.1) is 11.8 Å². The monoisotopic (exact) mass is 372 g/mol. The van der Waals surface area contributed by atoms with E-state index >= 15 is 0 Å². The number of hydrogen-bond donors (Lipinski definition) is 0. The third-order valence-electron chi connectivity index (χ3n) is 5.19. The first-order chi connectivity index (χ1) is 12.5. The van der Waals surface area contributed by atoms with Crippen molar-refractivity contribution in [3.8, 4) is 0 Å². The van der Waals surface area contributed by atoms with E-state index in [-0.39, 0.29) is 18.0 Å². The number of piperidine rings is 1. The fraction of sp³-hybridized carbons (Fsp3) is 0.526. The van der Waals surface area contributed by atoms with E-state index in [1.165, 1.54) is 4.68 Å². The van der Waals surface area contributed by atoms with Gasteiger partial charge in [0.2, 0.25) is 5.91 Å². The Labute approximate surface area is 156 Å². The molecular weight excluding hydrogens is 348 g/mol. The lowest BCUT2D eigenvalue weighted by molar-refractivity contribution is -0.134. The summed E-state index contributed by atoms with van der Waals surface area (Å²) in [4.78, 5) is 27.6. The second-order valence-corrected chi connectivity index (χ2v) is 8.46. The number of rotatable bonds is 3. The van der Waals surface area contributed by atoms with E-state index in [2.05, 4.69) is 18.9 Å². The molecule has 1 aliphatic rings. The maximum Gasteiger partial charge on any atom is 0.291 e. The van der Waals surface area contributed by atoms with Crippen molar-refractivity contribution in [1.29, 1.82) is 0 Å². The van der Waals surface area contributed by atoms with Gasteiger partial charge >= 0.3 is 0 Å². The Hall–Kier alpha value is -2.15. The molecule has 3 aromatic heterocycles. The topological polar surface area (TPSA) is 59.6 Å². The Morgan fingerprint density at radius 2 is 2.00 bits per heavy atom. The normalized spacial score (nSPS) is 21.0. The van der Waals surface area contributed by atoms with Crippen LogP contribution in [0.25, 0.3) is 15.7 Å². The molecule has 0 spiro atoms. The highest BCUT2D eigenvalue weighted by atomic mass is 32.1. The van der Waals surface area contributed by atoms with Crippen molar-refractivity contribution in [2.24, 2.45) is 11.8 Å². The summed E-state index contributed by atoms with van der Waals surface area (Å²) >= 11 is 1.61. The van der Waals surface area contributed by atoms with Gasteiger partial charge in [-0.25, -0.2) is 4.68 Å². The van der Waals surface area contributed by atoms with Crippen molar-refractivity contribution in [3.63, 3.8) is 0 Å². The maximum atomic E-state index is 12.9. The summed E-state index contributed by atoms with van der Waals surface area (Å²) in [5.41, 5.74) is 1.42. The zero-order valence-electron chi connectivity index (χ0n) is 15.4. The Bertz CT molecular complexity index is 1020. The third-order valence-corrected chi connectivity index (χ3v) is 6.05. The van der Waals surface area contributed by atoms with Crippen LogP contribution < -0.4 is 5.56 Å². The molecule has 0 saturated carbocycles. The summed E-state index contributed by atoms with van der Waals surface area (Å²) < 4.78 is 4.35. The maximum absolute atomic E-state index is 12.9. The van der Waals surface area contributed by atoms with Crippen molar-refractivity contribution in [3.05, 3.63) is 33.7 Å². The van der Waals surface area contributed by atoms with E-state index in [0.29, 0.717) is 23.8 Å². The minimum Gasteiger partial charge on any atom is -0.341 e. The quantitative estimate of drug-likeness (QED) is 0.710. The summed E-state index contributed by atoms with van der Waals surface area (Å²) in [6.07, 6.45) is 1.84. The van der Waals surface area contributed by atoms with Crippen LogP contribution in [0.5, 0.6) is 0 Å². The number of hydrogen-bond acceptors (Lipinski definition) is 4. The molecule has 4 heterocycles. The standard InChI is InChI=1S/C19H24N4O2S/c1-4-17-20-22(11-18(24)21-9-12(2)7-13(3)10-21)19(25)15-8-16-14(23(15)17)5-6-26-16/h5-6,8,12-13H,4,7,9-11H2,1-3H3. The molecule has 3 aromatic rings. The van der Waals surface area contributed by atoms with Gasteiger partial charge in [0.1, 0.15) is 17.9 Å². The first-order valence-electron chi connectivity index (χ1n) is 9.24. The van der Waals surface area contributed by atoms with Crippen LogP contribution in [-0.4, -0.2) is 38.1 Å². The van der Waals surface area contributed by atoms with Gasteiger partial charge in [0.05, 0.1) is 10.2 Å².